The number of rotatable bonds is 3. The topological polar surface area (TPSA) is 45.1 Å². The van der Waals surface area contributed by atoms with E-state index in [1.54, 1.807) is 14.0 Å². The molecule has 3 nitrogen and oxygen atoms in total. The second kappa shape index (κ2) is 3.94. The molecule has 0 heterocycles. The van der Waals surface area contributed by atoms with Gasteiger partial charge in [-0.05, 0) is 25.1 Å². The van der Waals surface area contributed by atoms with Crippen molar-refractivity contribution in [2.45, 2.75) is 6.92 Å². The lowest BCUT2D eigenvalue weighted by Crippen LogP contribution is -2.00. The first-order chi connectivity index (χ1) is 6.19. The molecule has 1 aromatic rings. The van der Waals surface area contributed by atoms with E-state index in [0.29, 0.717) is 5.71 Å². The summed E-state index contributed by atoms with van der Waals surface area (Å²) in [6, 6.07) is 5.64. The highest BCUT2D eigenvalue weighted by Crippen LogP contribution is 2.21. The van der Waals surface area contributed by atoms with E-state index in [1.165, 1.54) is 0 Å². The van der Waals surface area contributed by atoms with Crippen molar-refractivity contribution in [3.8, 4) is 5.75 Å². The van der Waals surface area contributed by atoms with Gasteiger partial charge in [-0.2, -0.15) is 0 Å². The predicted molar refractivity (Wildman–Crippen MR) is 55.0 cm³/mol. The van der Waals surface area contributed by atoms with E-state index < -0.39 is 0 Å². The van der Waals surface area contributed by atoms with Crippen LogP contribution in [0.5, 0.6) is 5.75 Å². The second-order valence-corrected chi connectivity index (χ2v) is 2.79. The summed E-state index contributed by atoms with van der Waals surface area (Å²) >= 11 is 0. The van der Waals surface area contributed by atoms with E-state index in [4.69, 9.17) is 10.1 Å². The van der Waals surface area contributed by atoms with Gasteiger partial charge in [0, 0.05) is 24.0 Å². The van der Waals surface area contributed by atoms with Crippen molar-refractivity contribution in [3.63, 3.8) is 0 Å². The van der Waals surface area contributed by atoms with E-state index in [1.807, 2.05) is 25.2 Å². The van der Waals surface area contributed by atoms with Gasteiger partial charge in [0.15, 0.2) is 0 Å². The fourth-order valence-electron chi connectivity index (χ4n) is 1.18. The number of nitrogens with one attached hydrogen (secondary N) is 2. The second-order valence-electron chi connectivity index (χ2n) is 2.79. The lowest BCUT2D eigenvalue weighted by Gasteiger charge is -2.09. The molecule has 2 N–H and O–H groups in total. The van der Waals surface area contributed by atoms with Crippen molar-refractivity contribution in [2.24, 2.45) is 0 Å². The van der Waals surface area contributed by atoms with Crippen LogP contribution < -0.4 is 10.1 Å². The zero-order chi connectivity index (χ0) is 9.84. The Labute approximate surface area is 78.2 Å². The van der Waals surface area contributed by atoms with E-state index in [-0.39, 0.29) is 0 Å². The highest BCUT2D eigenvalue weighted by molar-refractivity contribution is 6.01. The third-order valence-corrected chi connectivity index (χ3v) is 1.90. The Balaban J connectivity index is 3.18. The Hall–Kier alpha value is -1.51. The van der Waals surface area contributed by atoms with E-state index >= 15 is 0 Å². The van der Waals surface area contributed by atoms with Gasteiger partial charge in [0.1, 0.15) is 5.75 Å². The van der Waals surface area contributed by atoms with Gasteiger partial charge < -0.3 is 15.5 Å². The highest BCUT2D eigenvalue weighted by atomic mass is 16.5. The molecule has 70 valence electrons. The van der Waals surface area contributed by atoms with E-state index in [2.05, 4.69) is 5.32 Å². The molecule has 0 aliphatic rings. The first-order valence-corrected chi connectivity index (χ1v) is 4.10. The molecule has 1 rings (SSSR count). The Morgan fingerprint density at radius 3 is 2.62 bits per heavy atom. The molecule has 0 fully saturated rings. The van der Waals surface area contributed by atoms with Crippen LogP contribution in [-0.4, -0.2) is 19.9 Å². The SMILES string of the molecule is CNc1ccc(OC)cc1C(C)=N. The van der Waals surface area contributed by atoms with Gasteiger partial charge in [0.25, 0.3) is 0 Å². The molecule has 0 spiro atoms. The van der Waals surface area contributed by atoms with Gasteiger partial charge in [0.05, 0.1) is 7.11 Å². The first-order valence-electron chi connectivity index (χ1n) is 4.10. The Kier molecular flexibility index (Phi) is 2.90. The molecule has 0 bridgehead atoms. The zero-order valence-electron chi connectivity index (χ0n) is 8.14. The largest absolute Gasteiger partial charge is 0.497 e. The maximum Gasteiger partial charge on any atom is 0.119 e. The van der Waals surface area contributed by atoms with Crippen LogP contribution in [-0.2, 0) is 0 Å². The van der Waals surface area contributed by atoms with Crippen LogP contribution in [0.2, 0.25) is 0 Å². The summed E-state index contributed by atoms with van der Waals surface area (Å²) in [5, 5.41) is 10.6. The number of ether oxygens (including phenoxy) is 1. The first kappa shape index (κ1) is 9.58. The smallest absolute Gasteiger partial charge is 0.119 e. The standard InChI is InChI=1S/C10H14N2O/c1-7(11)9-6-8(13-3)4-5-10(9)12-2/h4-6,11-12H,1-3H3. The summed E-state index contributed by atoms with van der Waals surface area (Å²) in [7, 11) is 3.46. The number of hydrogen-bond donors (Lipinski definition) is 2. The number of anilines is 1. The molecule has 0 saturated carbocycles. The lowest BCUT2D eigenvalue weighted by molar-refractivity contribution is 0.415. The van der Waals surface area contributed by atoms with Crippen LogP contribution in [0.25, 0.3) is 0 Å². The fourth-order valence-corrected chi connectivity index (χ4v) is 1.18. The molecule has 0 aliphatic heterocycles. The van der Waals surface area contributed by atoms with Crippen molar-refractivity contribution in [2.75, 3.05) is 19.5 Å². The minimum Gasteiger partial charge on any atom is -0.497 e. The predicted octanol–water partition coefficient (Wildman–Crippen LogP) is 2.12. The van der Waals surface area contributed by atoms with Crippen molar-refractivity contribution in [3.05, 3.63) is 23.8 Å². The molecule has 0 aliphatic carbocycles. The monoisotopic (exact) mass is 178 g/mol. The number of hydrogen-bond acceptors (Lipinski definition) is 3. The maximum absolute atomic E-state index is 7.56. The van der Waals surface area contributed by atoms with Gasteiger partial charge in [-0.3, -0.25) is 0 Å². The van der Waals surface area contributed by atoms with Crippen molar-refractivity contribution in [1.29, 1.82) is 5.41 Å². The van der Waals surface area contributed by atoms with Crippen LogP contribution in [0, 0.1) is 5.41 Å². The number of benzene rings is 1. The maximum atomic E-state index is 7.56. The molecule has 0 amide bonds. The molecule has 0 radical (unpaired) electrons. The Bertz CT molecular complexity index is 321. The molecule has 0 aromatic heterocycles. The third kappa shape index (κ3) is 1.99. The summed E-state index contributed by atoms with van der Waals surface area (Å²) in [6.07, 6.45) is 0. The van der Waals surface area contributed by atoms with Gasteiger partial charge >= 0.3 is 0 Å². The molecule has 0 unspecified atom stereocenters. The lowest BCUT2D eigenvalue weighted by atomic mass is 10.1. The minimum atomic E-state index is 0.531. The molecule has 3 heteroatoms. The summed E-state index contributed by atoms with van der Waals surface area (Å²) in [6.45, 7) is 1.76. The van der Waals surface area contributed by atoms with Crippen LogP contribution >= 0.6 is 0 Å². The van der Waals surface area contributed by atoms with Crippen LogP contribution in [0.3, 0.4) is 0 Å². The van der Waals surface area contributed by atoms with Crippen LogP contribution in [0.4, 0.5) is 5.69 Å². The quantitative estimate of drug-likeness (QED) is 0.696. The van der Waals surface area contributed by atoms with Crippen LogP contribution in [0.1, 0.15) is 12.5 Å². The zero-order valence-corrected chi connectivity index (χ0v) is 8.14. The molecule has 0 saturated heterocycles. The molecule has 0 atom stereocenters. The van der Waals surface area contributed by atoms with Crippen molar-refractivity contribution in [1.82, 2.24) is 0 Å². The van der Waals surface area contributed by atoms with E-state index in [9.17, 15) is 0 Å². The molecular formula is C10H14N2O. The third-order valence-electron chi connectivity index (χ3n) is 1.90. The van der Waals surface area contributed by atoms with Gasteiger partial charge in [-0.15, -0.1) is 0 Å². The highest BCUT2D eigenvalue weighted by Gasteiger charge is 2.04. The summed E-state index contributed by atoms with van der Waals surface area (Å²) < 4.78 is 5.08. The van der Waals surface area contributed by atoms with Crippen molar-refractivity contribution >= 4 is 11.4 Å². The average Bonchev–Trinajstić information content (AvgIpc) is 2.16. The average molecular weight is 178 g/mol. The van der Waals surface area contributed by atoms with Gasteiger partial charge in [0.2, 0.25) is 0 Å². The Morgan fingerprint density at radius 1 is 1.46 bits per heavy atom. The summed E-state index contributed by atoms with van der Waals surface area (Å²) in [5.74, 6) is 0.778. The minimum absolute atomic E-state index is 0.531. The fraction of sp³-hybridized carbons (Fsp3) is 0.300. The molecule has 13 heavy (non-hydrogen) atoms. The van der Waals surface area contributed by atoms with Gasteiger partial charge in [-0.1, -0.05) is 0 Å². The van der Waals surface area contributed by atoms with Crippen LogP contribution in [0.15, 0.2) is 18.2 Å². The van der Waals surface area contributed by atoms with E-state index in [0.717, 1.165) is 17.0 Å². The normalized spacial score (nSPS) is 9.46. The summed E-state index contributed by atoms with van der Waals surface area (Å²) in [5.41, 5.74) is 2.36. The Morgan fingerprint density at radius 2 is 2.15 bits per heavy atom. The van der Waals surface area contributed by atoms with Crippen molar-refractivity contribution < 1.29 is 4.74 Å². The number of methoxy groups -OCH3 is 1. The summed E-state index contributed by atoms with van der Waals surface area (Å²) in [4.78, 5) is 0. The van der Waals surface area contributed by atoms with Gasteiger partial charge in [-0.25, -0.2) is 0 Å². The molecular weight excluding hydrogens is 164 g/mol. The molecule has 1 aromatic carbocycles.